The van der Waals surface area contributed by atoms with Crippen LogP contribution in [-0.2, 0) is 4.74 Å². The predicted octanol–water partition coefficient (Wildman–Crippen LogP) is 4.31. The summed E-state index contributed by atoms with van der Waals surface area (Å²) in [6, 6.07) is 10.6. The highest BCUT2D eigenvalue weighted by Gasteiger charge is 2.13. The molecule has 1 heterocycles. The van der Waals surface area contributed by atoms with Gasteiger partial charge in [-0.1, -0.05) is 23.7 Å². The molecule has 0 aliphatic rings. The van der Waals surface area contributed by atoms with E-state index < -0.39 is 0 Å². The van der Waals surface area contributed by atoms with Gasteiger partial charge in [-0.25, -0.2) is 4.79 Å². The molecule has 0 aliphatic carbocycles. The number of thiophene rings is 1. The highest BCUT2D eigenvalue weighted by Crippen LogP contribution is 2.27. The molecule has 0 spiro atoms. The van der Waals surface area contributed by atoms with Crippen LogP contribution in [0, 0.1) is 0 Å². The lowest BCUT2D eigenvalue weighted by Crippen LogP contribution is -2.31. The molecule has 1 atom stereocenters. The summed E-state index contributed by atoms with van der Waals surface area (Å²) < 4.78 is 11.2. The average molecular weight is 355 g/mol. The molecule has 0 aliphatic heterocycles. The summed E-state index contributed by atoms with van der Waals surface area (Å²) in [5.41, 5.74) is 0.609. The number of para-hydroxylation sites is 2. The van der Waals surface area contributed by atoms with E-state index in [0.29, 0.717) is 29.0 Å². The van der Waals surface area contributed by atoms with Gasteiger partial charge in [0, 0.05) is 12.0 Å². The lowest BCUT2D eigenvalue weighted by Gasteiger charge is -2.15. The number of methoxy groups -OCH3 is 1. The topological polar surface area (TPSA) is 59.6 Å². The molecule has 1 aromatic heterocycles. The molecule has 2 amide bonds. The number of carbonyl (C=O) groups excluding carboxylic acids is 1. The number of benzene rings is 1. The van der Waals surface area contributed by atoms with Gasteiger partial charge in [0.25, 0.3) is 0 Å². The van der Waals surface area contributed by atoms with E-state index in [9.17, 15) is 4.79 Å². The van der Waals surface area contributed by atoms with Gasteiger partial charge in [0.2, 0.25) is 0 Å². The third kappa shape index (κ3) is 5.42. The van der Waals surface area contributed by atoms with Crippen LogP contribution in [0.3, 0.4) is 0 Å². The SMILES string of the molecule is COCCOc1ccccc1NC(=O)NC(C)c1ccc(Cl)s1. The van der Waals surface area contributed by atoms with Gasteiger partial charge in [0.05, 0.1) is 22.7 Å². The number of rotatable bonds is 7. The first-order chi connectivity index (χ1) is 11.1. The highest BCUT2D eigenvalue weighted by atomic mass is 35.5. The van der Waals surface area contributed by atoms with Gasteiger partial charge >= 0.3 is 6.03 Å². The molecule has 2 N–H and O–H groups in total. The molecule has 2 aromatic rings. The lowest BCUT2D eigenvalue weighted by molar-refractivity contribution is 0.146. The molecule has 0 radical (unpaired) electrons. The van der Waals surface area contributed by atoms with Crippen molar-refractivity contribution >= 4 is 34.7 Å². The van der Waals surface area contributed by atoms with Crippen LogP contribution < -0.4 is 15.4 Å². The Morgan fingerprint density at radius 2 is 2.04 bits per heavy atom. The van der Waals surface area contributed by atoms with E-state index in [0.717, 1.165) is 4.88 Å². The van der Waals surface area contributed by atoms with E-state index in [1.54, 1.807) is 19.2 Å². The second-order valence-electron chi connectivity index (χ2n) is 4.80. The number of hydrogen-bond donors (Lipinski definition) is 2. The van der Waals surface area contributed by atoms with Crippen molar-refractivity contribution in [3.05, 3.63) is 45.6 Å². The Labute approximate surface area is 144 Å². The molecule has 124 valence electrons. The van der Waals surface area contributed by atoms with Crippen LogP contribution in [0.2, 0.25) is 4.34 Å². The molecule has 5 nitrogen and oxygen atoms in total. The molecule has 0 bridgehead atoms. The highest BCUT2D eigenvalue weighted by molar-refractivity contribution is 7.16. The van der Waals surface area contributed by atoms with Crippen molar-refractivity contribution in [3.8, 4) is 5.75 Å². The maximum absolute atomic E-state index is 12.2. The van der Waals surface area contributed by atoms with Gasteiger partial charge in [-0.3, -0.25) is 0 Å². The Morgan fingerprint density at radius 3 is 2.74 bits per heavy atom. The van der Waals surface area contributed by atoms with E-state index in [4.69, 9.17) is 21.1 Å². The molecule has 7 heteroatoms. The molecule has 1 unspecified atom stereocenters. The number of nitrogens with one attached hydrogen (secondary N) is 2. The fraction of sp³-hybridized carbons (Fsp3) is 0.312. The van der Waals surface area contributed by atoms with Gasteiger partial charge in [0.15, 0.2) is 0 Å². The van der Waals surface area contributed by atoms with Crippen molar-refractivity contribution in [2.24, 2.45) is 0 Å². The first-order valence-electron chi connectivity index (χ1n) is 7.13. The third-order valence-electron chi connectivity index (χ3n) is 3.05. The van der Waals surface area contributed by atoms with Crippen LogP contribution in [-0.4, -0.2) is 26.4 Å². The smallest absolute Gasteiger partial charge is 0.319 e. The molecular weight excluding hydrogens is 336 g/mol. The monoisotopic (exact) mass is 354 g/mol. The molecule has 0 saturated heterocycles. The van der Waals surface area contributed by atoms with Crippen molar-refractivity contribution < 1.29 is 14.3 Å². The summed E-state index contributed by atoms with van der Waals surface area (Å²) in [7, 11) is 1.61. The Balaban J connectivity index is 1.94. The number of carbonyl (C=O) groups is 1. The van der Waals surface area contributed by atoms with Crippen LogP contribution in [0.15, 0.2) is 36.4 Å². The summed E-state index contributed by atoms with van der Waals surface area (Å²) >= 11 is 7.36. The van der Waals surface area contributed by atoms with E-state index in [1.165, 1.54) is 11.3 Å². The minimum atomic E-state index is -0.301. The van der Waals surface area contributed by atoms with Gasteiger partial charge in [-0.2, -0.15) is 0 Å². The Bertz CT molecular complexity index is 648. The van der Waals surface area contributed by atoms with Crippen LogP contribution in [0.25, 0.3) is 0 Å². The van der Waals surface area contributed by atoms with Crippen molar-refractivity contribution in [2.45, 2.75) is 13.0 Å². The lowest BCUT2D eigenvalue weighted by atomic mass is 10.3. The minimum Gasteiger partial charge on any atom is -0.489 e. The maximum atomic E-state index is 12.2. The van der Waals surface area contributed by atoms with E-state index >= 15 is 0 Å². The summed E-state index contributed by atoms with van der Waals surface area (Å²) in [5, 5.41) is 5.67. The van der Waals surface area contributed by atoms with Gasteiger partial charge in [-0.05, 0) is 31.2 Å². The van der Waals surface area contributed by atoms with Crippen molar-refractivity contribution in [2.75, 3.05) is 25.6 Å². The molecular formula is C16H19ClN2O3S. The summed E-state index contributed by atoms with van der Waals surface area (Å²) in [6.45, 7) is 2.81. The van der Waals surface area contributed by atoms with Crippen molar-refractivity contribution in [3.63, 3.8) is 0 Å². The maximum Gasteiger partial charge on any atom is 0.319 e. The predicted molar refractivity (Wildman–Crippen MR) is 93.7 cm³/mol. The quantitative estimate of drug-likeness (QED) is 0.728. The van der Waals surface area contributed by atoms with Crippen molar-refractivity contribution in [1.29, 1.82) is 0 Å². The van der Waals surface area contributed by atoms with Crippen LogP contribution in [0.4, 0.5) is 10.5 Å². The summed E-state index contributed by atoms with van der Waals surface area (Å²) in [6.07, 6.45) is 0. The molecule has 1 aromatic carbocycles. The number of halogens is 1. The Hall–Kier alpha value is -1.76. The number of anilines is 1. The molecule has 0 saturated carbocycles. The van der Waals surface area contributed by atoms with Crippen LogP contribution in [0.5, 0.6) is 5.75 Å². The molecule has 23 heavy (non-hydrogen) atoms. The van der Waals surface area contributed by atoms with Gasteiger partial charge in [-0.15, -0.1) is 11.3 Å². The zero-order chi connectivity index (χ0) is 16.7. The fourth-order valence-corrected chi connectivity index (χ4v) is 2.98. The van der Waals surface area contributed by atoms with E-state index in [-0.39, 0.29) is 12.1 Å². The normalized spacial score (nSPS) is 11.8. The zero-order valence-corrected chi connectivity index (χ0v) is 14.5. The van der Waals surface area contributed by atoms with E-state index in [2.05, 4.69) is 10.6 Å². The fourth-order valence-electron chi connectivity index (χ4n) is 1.92. The average Bonchev–Trinajstić information content (AvgIpc) is 2.96. The van der Waals surface area contributed by atoms with Crippen LogP contribution >= 0.6 is 22.9 Å². The Morgan fingerprint density at radius 1 is 1.26 bits per heavy atom. The first-order valence-corrected chi connectivity index (χ1v) is 8.33. The minimum absolute atomic E-state index is 0.130. The number of ether oxygens (including phenoxy) is 2. The van der Waals surface area contributed by atoms with Crippen LogP contribution in [0.1, 0.15) is 17.8 Å². The standard InChI is InChI=1S/C16H19ClN2O3S/c1-11(14-7-8-15(17)23-14)18-16(20)19-12-5-3-4-6-13(12)22-10-9-21-2/h3-8,11H,9-10H2,1-2H3,(H2,18,19,20). The summed E-state index contributed by atoms with van der Waals surface area (Å²) in [5.74, 6) is 0.603. The zero-order valence-electron chi connectivity index (χ0n) is 13.0. The van der Waals surface area contributed by atoms with Gasteiger partial charge < -0.3 is 20.1 Å². The first kappa shape index (κ1) is 17.6. The van der Waals surface area contributed by atoms with E-state index in [1.807, 2.05) is 31.2 Å². The molecule has 2 rings (SSSR count). The Kier molecular flexibility index (Phi) is 6.70. The van der Waals surface area contributed by atoms with Gasteiger partial charge in [0.1, 0.15) is 12.4 Å². The largest absolute Gasteiger partial charge is 0.489 e. The second kappa shape index (κ2) is 8.76. The number of urea groups is 1. The second-order valence-corrected chi connectivity index (χ2v) is 6.55. The third-order valence-corrected chi connectivity index (χ3v) is 4.46. The number of hydrogen-bond acceptors (Lipinski definition) is 4. The molecule has 0 fully saturated rings. The number of amides is 2. The summed E-state index contributed by atoms with van der Waals surface area (Å²) in [4.78, 5) is 13.1. The van der Waals surface area contributed by atoms with Crippen molar-refractivity contribution in [1.82, 2.24) is 5.32 Å².